The molecular weight excluding hydrogens is 234 g/mol. The van der Waals surface area contributed by atoms with Crippen molar-refractivity contribution in [3.8, 4) is 0 Å². The molecule has 3 rings (SSSR count). The zero-order chi connectivity index (χ0) is 13.1. The van der Waals surface area contributed by atoms with Crippen LogP contribution in [0.2, 0.25) is 0 Å². The Bertz CT molecular complexity index is 538. The highest BCUT2D eigenvalue weighted by molar-refractivity contribution is 5.75. The minimum atomic E-state index is 0.736. The smallest absolute Gasteiger partial charge is 0.108 e. The van der Waals surface area contributed by atoms with E-state index >= 15 is 0 Å². The summed E-state index contributed by atoms with van der Waals surface area (Å²) >= 11 is 0. The van der Waals surface area contributed by atoms with Gasteiger partial charge >= 0.3 is 0 Å². The summed E-state index contributed by atoms with van der Waals surface area (Å²) in [5.41, 5.74) is 3.52. The van der Waals surface area contributed by atoms with Crippen molar-refractivity contribution in [2.45, 2.75) is 51.5 Å². The third-order valence-corrected chi connectivity index (χ3v) is 4.09. The molecular formula is C16H23N3. The fourth-order valence-corrected chi connectivity index (χ4v) is 3.00. The van der Waals surface area contributed by atoms with Crippen molar-refractivity contribution in [2.75, 3.05) is 6.54 Å². The quantitative estimate of drug-likeness (QED) is 0.882. The van der Waals surface area contributed by atoms with Gasteiger partial charge in [0.2, 0.25) is 0 Å². The van der Waals surface area contributed by atoms with Gasteiger partial charge in [0, 0.05) is 19.0 Å². The van der Waals surface area contributed by atoms with E-state index in [1.165, 1.54) is 37.7 Å². The van der Waals surface area contributed by atoms with Crippen molar-refractivity contribution < 1.29 is 0 Å². The highest BCUT2D eigenvalue weighted by atomic mass is 14.9. The van der Waals surface area contributed by atoms with E-state index in [9.17, 15) is 0 Å². The van der Waals surface area contributed by atoms with Crippen LogP contribution in [0.15, 0.2) is 18.2 Å². The molecule has 0 unspecified atom stereocenters. The van der Waals surface area contributed by atoms with Gasteiger partial charge in [-0.05, 0) is 37.5 Å². The molecule has 19 heavy (non-hydrogen) atoms. The molecule has 0 bridgehead atoms. The van der Waals surface area contributed by atoms with Crippen molar-refractivity contribution in [3.05, 3.63) is 29.6 Å². The zero-order valence-corrected chi connectivity index (χ0v) is 11.7. The van der Waals surface area contributed by atoms with Crippen molar-refractivity contribution in [1.82, 2.24) is 15.3 Å². The Labute approximate surface area is 114 Å². The van der Waals surface area contributed by atoms with Gasteiger partial charge in [-0.1, -0.05) is 25.3 Å². The molecule has 0 spiro atoms. The molecule has 1 saturated carbocycles. The first-order valence-corrected chi connectivity index (χ1v) is 7.50. The lowest BCUT2D eigenvalue weighted by Crippen LogP contribution is -2.32. The van der Waals surface area contributed by atoms with E-state index in [1.54, 1.807) is 0 Å². The maximum absolute atomic E-state index is 4.64. The van der Waals surface area contributed by atoms with Crippen LogP contribution in [-0.4, -0.2) is 22.6 Å². The standard InChI is InChI=1S/C16H23N3/c1-12-7-8-14-15(11-12)19-16(18-14)9-10-17-13-5-3-2-4-6-13/h7-8,11,13,17H,2-6,9-10H2,1H3,(H,18,19). The van der Waals surface area contributed by atoms with Gasteiger partial charge in [0.15, 0.2) is 0 Å². The number of benzene rings is 1. The summed E-state index contributed by atoms with van der Waals surface area (Å²) in [6, 6.07) is 7.12. The fraction of sp³-hybridized carbons (Fsp3) is 0.562. The van der Waals surface area contributed by atoms with Crippen LogP contribution in [0.3, 0.4) is 0 Å². The number of aromatic nitrogens is 2. The average Bonchev–Trinajstić information content (AvgIpc) is 2.82. The Morgan fingerprint density at radius 2 is 2.11 bits per heavy atom. The molecule has 2 aromatic rings. The summed E-state index contributed by atoms with van der Waals surface area (Å²) in [5.74, 6) is 1.10. The monoisotopic (exact) mass is 257 g/mol. The number of hydrogen-bond acceptors (Lipinski definition) is 2. The Kier molecular flexibility index (Phi) is 3.83. The average molecular weight is 257 g/mol. The minimum Gasteiger partial charge on any atom is -0.342 e. The number of imidazole rings is 1. The normalized spacial score (nSPS) is 17.1. The molecule has 1 aromatic carbocycles. The predicted octanol–water partition coefficient (Wildman–Crippen LogP) is 3.34. The Morgan fingerprint density at radius 1 is 1.26 bits per heavy atom. The summed E-state index contributed by atoms with van der Waals surface area (Å²) in [4.78, 5) is 8.06. The van der Waals surface area contributed by atoms with E-state index in [0.29, 0.717) is 0 Å². The summed E-state index contributed by atoms with van der Waals surface area (Å²) in [6.07, 6.45) is 7.88. The van der Waals surface area contributed by atoms with Crippen molar-refractivity contribution in [3.63, 3.8) is 0 Å². The van der Waals surface area contributed by atoms with Crippen molar-refractivity contribution in [1.29, 1.82) is 0 Å². The topological polar surface area (TPSA) is 40.7 Å². The zero-order valence-electron chi connectivity index (χ0n) is 11.7. The van der Waals surface area contributed by atoms with Crippen LogP contribution in [0, 0.1) is 6.92 Å². The van der Waals surface area contributed by atoms with Crippen LogP contribution in [0.1, 0.15) is 43.5 Å². The van der Waals surface area contributed by atoms with E-state index < -0.39 is 0 Å². The number of hydrogen-bond donors (Lipinski definition) is 2. The van der Waals surface area contributed by atoms with Crippen LogP contribution in [0.25, 0.3) is 11.0 Å². The predicted molar refractivity (Wildman–Crippen MR) is 79.4 cm³/mol. The first kappa shape index (κ1) is 12.7. The Balaban J connectivity index is 1.56. The van der Waals surface area contributed by atoms with Gasteiger partial charge in [0.1, 0.15) is 5.82 Å². The molecule has 1 fully saturated rings. The van der Waals surface area contributed by atoms with Crippen LogP contribution >= 0.6 is 0 Å². The lowest BCUT2D eigenvalue weighted by atomic mass is 9.95. The molecule has 0 atom stereocenters. The summed E-state index contributed by atoms with van der Waals surface area (Å²) in [7, 11) is 0. The molecule has 1 aliphatic carbocycles. The summed E-state index contributed by atoms with van der Waals surface area (Å²) in [5, 5.41) is 3.67. The van der Waals surface area contributed by atoms with Crippen LogP contribution in [0.5, 0.6) is 0 Å². The number of nitrogens with zero attached hydrogens (tertiary/aromatic N) is 1. The lowest BCUT2D eigenvalue weighted by molar-refractivity contribution is 0.375. The van der Waals surface area contributed by atoms with E-state index in [0.717, 1.165) is 35.9 Å². The molecule has 3 nitrogen and oxygen atoms in total. The van der Waals surface area contributed by atoms with Gasteiger partial charge in [-0.3, -0.25) is 0 Å². The number of rotatable bonds is 4. The second kappa shape index (κ2) is 5.74. The first-order chi connectivity index (χ1) is 9.31. The molecule has 2 N–H and O–H groups in total. The molecule has 3 heteroatoms. The van der Waals surface area contributed by atoms with Gasteiger partial charge < -0.3 is 10.3 Å². The molecule has 1 aromatic heterocycles. The number of fused-ring (bicyclic) bond motifs is 1. The van der Waals surface area contributed by atoms with Gasteiger partial charge in [0.25, 0.3) is 0 Å². The van der Waals surface area contributed by atoms with Gasteiger partial charge in [-0.15, -0.1) is 0 Å². The number of aromatic amines is 1. The second-order valence-corrected chi connectivity index (χ2v) is 5.74. The lowest BCUT2D eigenvalue weighted by Gasteiger charge is -2.22. The van der Waals surface area contributed by atoms with Crippen LogP contribution in [-0.2, 0) is 6.42 Å². The largest absolute Gasteiger partial charge is 0.342 e. The molecule has 1 aliphatic rings. The molecule has 0 radical (unpaired) electrons. The van der Waals surface area contributed by atoms with Crippen molar-refractivity contribution >= 4 is 11.0 Å². The summed E-state index contributed by atoms with van der Waals surface area (Å²) in [6.45, 7) is 3.15. The number of nitrogens with one attached hydrogen (secondary N) is 2. The first-order valence-electron chi connectivity index (χ1n) is 7.50. The Morgan fingerprint density at radius 3 is 2.95 bits per heavy atom. The van der Waals surface area contributed by atoms with Gasteiger partial charge in [-0.25, -0.2) is 4.98 Å². The molecule has 0 saturated heterocycles. The molecule has 102 valence electrons. The highest BCUT2D eigenvalue weighted by Crippen LogP contribution is 2.17. The third kappa shape index (κ3) is 3.16. The number of aryl methyl sites for hydroxylation is 1. The Hall–Kier alpha value is -1.35. The van der Waals surface area contributed by atoms with Crippen molar-refractivity contribution in [2.24, 2.45) is 0 Å². The fourth-order valence-electron chi connectivity index (χ4n) is 3.00. The van der Waals surface area contributed by atoms with E-state index in [4.69, 9.17) is 0 Å². The third-order valence-electron chi connectivity index (χ3n) is 4.09. The highest BCUT2D eigenvalue weighted by Gasteiger charge is 2.12. The van der Waals surface area contributed by atoms with E-state index in [1.807, 2.05) is 0 Å². The van der Waals surface area contributed by atoms with E-state index in [2.05, 4.69) is 40.4 Å². The van der Waals surface area contributed by atoms with Crippen LogP contribution in [0.4, 0.5) is 0 Å². The molecule has 0 aliphatic heterocycles. The van der Waals surface area contributed by atoms with Gasteiger partial charge in [-0.2, -0.15) is 0 Å². The second-order valence-electron chi connectivity index (χ2n) is 5.74. The maximum Gasteiger partial charge on any atom is 0.108 e. The minimum absolute atomic E-state index is 0.736. The van der Waals surface area contributed by atoms with E-state index in [-0.39, 0.29) is 0 Å². The van der Waals surface area contributed by atoms with Crippen LogP contribution < -0.4 is 5.32 Å². The molecule has 1 heterocycles. The molecule has 0 amide bonds. The summed E-state index contributed by atoms with van der Waals surface area (Å²) < 4.78 is 0. The number of H-pyrrole nitrogens is 1. The van der Waals surface area contributed by atoms with Gasteiger partial charge in [0.05, 0.1) is 11.0 Å². The maximum atomic E-state index is 4.64. The SMILES string of the molecule is Cc1ccc2nc(CCNC3CCCCC3)[nH]c2c1.